The summed E-state index contributed by atoms with van der Waals surface area (Å²) in [4.78, 5) is 20.9. The number of imidazole rings is 1. The summed E-state index contributed by atoms with van der Waals surface area (Å²) < 4.78 is 13.4. The minimum atomic E-state index is -0.889. The molecule has 140 valence electrons. The summed E-state index contributed by atoms with van der Waals surface area (Å²) in [5, 5.41) is 0. The molecule has 0 aliphatic carbocycles. The quantitative estimate of drug-likeness (QED) is 0.883. The van der Waals surface area contributed by atoms with E-state index in [9.17, 15) is 4.79 Å². The number of carbonyl (C=O) groups excluding carboxylic acids is 1. The van der Waals surface area contributed by atoms with Gasteiger partial charge in [-0.05, 0) is 19.9 Å². The Hall–Kier alpha value is -2.32. The van der Waals surface area contributed by atoms with Gasteiger partial charge in [0.25, 0.3) is 5.91 Å². The van der Waals surface area contributed by atoms with Crippen molar-refractivity contribution in [2.24, 2.45) is 0 Å². The third-order valence-corrected chi connectivity index (χ3v) is 5.15. The van der Waals surface area contributed by atoms with E-state index >= 15 is 0 Å². The zero-order valence-electron chi connectivity index (χ0n) is 15.5. The lowest BCUT2D eigenvalue weighted by molar-refractivity contribution is -0.132. The number of benzene rings is 1. The van der Waals surface area contributed by atoms with Gasteiger partial charge in [-0.3, -0.25) is 9.69 Å². The van der Waals surface area contributed by atoms with Crippen LogP contribution in [0.4, 0.5) is 11.6 Å². The topological polar surface area (TPSA) is 85.8 Å². The molecule has 2 N–H and O–H groups in total. The van der Waals surface area contributed by atoms with Gasteiger partial charge in [-0.1, -0.05) is 0 Å². The Morgan fingerprint density at radius 1 is 1.23 bits per heavy atom. The van der Waals surface area contributed by atoms with E-state index < -0.39 is 5.60 Å². The van der Waals surface area contributed by atoms with E-state index in [2.05, 4.69) is 9.88 Å². The Bertz CT molecular complexity index is 854. The number of nitrogen functional groups attached to an aromatic ring is 1. The van der Waals surface area contributed by atoms with Crippen molar-refractivity contribution in [3.63, 3.8) is 0 Å². The van der Waals surface area contributed by atoms with Crippen LogP contribution >= 0.6 is 0 Å². The zero-order valence-corrected chi connectivity index (χ0v) is 15.5. The Labute approximate surface area is 152 Å². The van der Waals surface area contributed by atoms with Crippen LogP contribution in [0.15, 0.2) is 12.1 Å². The van der Waals surface area contributed by atoms with Crippen molar-refractivity contribution in [3.8, 4) is 5.75 Å². The van der Waals surface area contributed by atoms with Crippen molar-refractivity contribution in [3.05, 3.63) is 12.1 Å². The van der Waals surface area contributed by atoms with Crippen LogP contribution in [0, 0.1) is 0 Å². The highest BCUT2D eigenvalue weighted by atomic mass is 16.5. The van der Waals surface area contributed by atoms with E-state index in [1.54, 1.807) is 25.8 Å². The highest BCUT2D eigenvalue weighted by Gasteiger charge is 2.39. The third kappa shape index (κ3) is 2.79. The van der Waals surface area contributed by atoms with E-state index in [0.29, 0.717) is 11.7 Å². The second-order valence-corrected chi connectivity index (χ2v) is 7.36. The number of morpholine rings is 1. The van der Waals surface area contributed by atoms with Gasteiger partial charge in [0.2, 0.25) is 5.95 Å². The molecule has 0 saturated carbocycles. The molecule has 0 radical (unpaired) electrons. The first-order valence-electron chi connectivity index (χ1n) is 8.94. The number of amides is 1. The molecule has 1 saturated heterocycles. The number of fused-ring (bicyclic) bond motifs is 2. The maximum absolute atomic E-state index is 12.4. The summed E-state index contributed by atoms with van der Waals surface area (Å²) in [6, 6.07) is 3.82. The van der Waals surface area contributed by atoms with Crippen LogP contribution in [-0.4, -0.2) is 65.9 Å². The number of nitrogens with two attached hydrogens (primary N) is 1. The van der Waals surface area contributed by atoms with Gasteiger partial charge < -0.3 is 24.7 Å². The molecule has 0 bridgehead atoms. The van der Waals surface area contributed by atoms with Gasteiger partial charge in [-0.15, -0.1) is 0 Å². The lowest BCUT2D eigenvalue weighted by atomic mass is 10.0. The van der Waals surface area contributed by atoms with Crippen LogP contribution in [-0.2, 0) is 16.1 Å². The standard InChI is InChI=1S/C18H25N5O3/c1-18(2)16(24)21(3)14-10-12-13(11-15(14)26-18)23(17(19)20-12)5-4-22-6-8-25-9-7-22/h10-11H,4-9H2,1-3H3,(H2,19,20). The number of hydrogen-bond acceptors (Lipinski definition) is 6. The average Bonchev–Trinajstić information content (AvgIpc) is 2.92. The number of aromatic nitrogens is 2. The van der Waals surface area contributed by atoms with E-state index in [4.69, 9.17) is 15.2 Å². The van der Waals surface area contributed by atoms with Crippen molar-refractivity contribution in [2.45, 2.75) is 26.0 Å². The highest BCUT2D eigenvalue weighted by molar-refractivity contribution is 6.03. The lowest BCUT2D eigenvalue weighted by Gasteiger charge is -2.36. The number of ether oxygens (including phenoxy) is 2. The molecule has 2 aromatic rings. The van der Waals surface area contributed by atoms with E-state index in [1.807, 2.05) is 16.7 Å². The number of likely N-dealkylation sites (N-methyl/N-ethyl adjacent to an activating group) is 1. The summed E-state index contributed by atoms with van der Waals surface area (Å²) in [7, 11) is 1.76. The number of hydrogen-bond donors (Lipinski definition) is 1. The van der Waals surface area contributed by atoms with Crippen LogP contribution in [0.5, 0.6) is 5.75 Å². The maximum atomic E-state index is 12.4. The normalized spacial score (nSPS) is 20.3. The molecule has 26 heavy (non-hydrogen) atoms. The predicted molar refractivity (Wildman–Crippen MR) is 99.5 cm³/mol. The van der Waals surface area contributed by atoms with Crippen LogP contribution in [0.2, 0.25) is 0 Å². The molecular formula is C18H25N5O3. The molecule has 1 aromatic heterocycles. The van der Waals surface area contributed by atoms with Crippen LogP contribution in [0.1, 0.15) is 13.8 Å². The molecule has 2 aliphatic heterocycles. The highest BCUT2D eigenvalue weighted by Crippen LogP contribution is 2.40. The van der Waals surface area contributed by atoms with E-state index in [0.717, 1.165) is 56.1 Å². The summed E-state index contributed by atoms with van der Waals surface area (Å²) in [5.74, 6) is 1.07. The third-order valence-electron chi connectivity index (χ3n) is 5.15. The molecule has 0 atom stereocenters. The second-order valence-electron chi connectivity index (χ2n) is 7.36. The minimum absolute atomic E-state index is 0.0796. The molecule has 8 heteroatoms. The van der Waals surface area contributed by atoms with Crippen molar-refractivity contribution < 1.29 is 14.3 Å². The maximum Gasteiger partial charge on any atom is 0.270 e. The molecular weight excluding hydrogens is 334 g/mol. The Kier molecular flexibility index (Phi) is 4.04. The smallest absolute Gasteiger partial charge is 0.270 e. The van der Waals surface area contributed by atoms with Gasteiger partial charge in [-0.25, -0.2) is 4.98 Å². The van der Waals surface area contributed by atoms with Crippen molar-refractivity contribution in [1.82, 2.24) is 14.5 Å². The summed E-state index contributed by atoms with van der Waals surface area (Å²) >= 11 is 0. The molecule has 2 aliphatic rings. The summed E-state index contributed by atoms with van der Waals surface area (Å²) in [5.41, 5.74) is 7.70. The van der Waals surface area contributed by atoms with Crippen LogP contribution in [0.25, 0.3) is 11.0 Å². The molecule has 0 spiro atoms. The molecule has 0 unspecified atom stereocenters. The lowest BCUT2D eigenvalue weighted by Crippen LogP contribution is -2.50. The van der Waals surface area contributed by atoms with Gasteiger partial charge in [0.1, 0.15) is 5.75 Å². The van der Waals surface area contributed by atoms with Crippen LogP contribution in [0.3, 0.4) is 0 Å². The Morgan fingerprint density at radius 3 is 2.69 bits per heavy atom. The first-order valence-corrected chi connectivity index (χ1v) is 8.94. The first kappa shape index (κ1) is 17.1. The van der Waals surface area contributed by atoms with Crippen LogP contribution < -0.4 is 15.4 Å². The molecule has 3 heterocycles. The van der Waals surface area contributed by atoms with Crippen molar-refractivity contribution in [2.75, 3.05) is 50.5 Å². The molecule has 1 fully saturated rings. The summed E-state index contributed by atoms with van der Waals surface area (Å²) in [6.07, 6.45) is 0. The predicted octanol–water partition coefficient (Wildman–Crippen LogP) is 1.08. The van der Waals surface area contributed by atoms with Gasteiger partial charge in [0.05, 0.1) is 29.9 Å². The second kappa shape index (κ2) is 6.14. The van der Waals surface area contributed by atoms with Gasteiger partial charge in [0, 0.05) is 39.3 Å². The van der Waals surface area contributed by atoms with Gasteiger partial charge in [0.15, 0.2) is 5.60 Å². The van der Waals surface area contributed by atoms with Gasteiger partial charge in [-0.2, -0.15) is 0 Å². The fraction of sp³-hybridized carbons (Fsp3) is 0.556. The molecule has 1 amide bonds. The number of nitrogens with zero attached hydrogens (tertiary/aromatic N) is 4. The van der Waals surface area contributed by atoms with Crippen molar-refractivity contribution >= 4 is 28.6 Å². The van der Waals surface area contributed by atoms with E-state index in [1.165, 1.54) is 0 Å². The first-order chi connectivity index (χ1) is 12.4. The molecule has 1 aromatic carbocycles. The Morgan fingerprint density at radius 2 is 1.96 bits per heavy atom. The monoisotopic (exact) mass is 359 g/mol. The summed E-state index contributed by atoms with van der Waals surface area (Å²) in [6.45, 7) is 8.62. The number of anilines is 2. The van der Waals surface area contributed by atoms with Gasteiger partial charge >= 0.3 is 0 Å². The SMILES string of the molecule is CN1C(=O)C(C)(C)Oc2cc3c(cc21)nc(N)n3CCN1CCOCC1. The fourth-order valence-electron chi connectivity index (χ4n) is 3.64. The van der Waals surface area contributed by atoms with Crippen molar-refractivity contribution in [1.29, 1.82) is 0 Å². The number of rotatable bonds is 3. The minimum Gasteiger partial charge on any atom is -0.476 e. The zero-order chi connectivity index (χ0) is 18.5. The number of carbonyl (C=O) groups is 1. The molecule has 8 nitrogen and oxygen atoms in total. The molecule has 4 rings (SSSR count). The fourth-order valence-corrected chi connectivity index (χ4v) is 3.64. The van der Waals surface area contributed by atoms with E-state index in [-0.39, 0.29) is 5.91 Å². The average molecular weight is 359 g/mol. The Balaban J connectivity index is 1.67. The largest absolute Gasteiger partial charge is 0.476 e.